The highest BCUT2D eigenvalue weighted by Gasteiger charge is 2.22. The number of rotatable bonds is 5. The standard InChI is InChI=1S/C17H26N2/c1-6-11-17(2,3)12-14-13-9-7-8-10-15(13)18-16(14)19(4)5/h7-10,18H,6,11-12H2,1-5H3. The summed E-state index contributed by atoms with van der Waals surface area (Å²) < 4.78 is 0. The van der Waals surface area contributed by atoms with Crippen LogP contribution in [0, 0.1) is 5.41 Å². The molecule has 0 unspecified atom stereocenters. The number of nitrogens with zero attached hydrogens (tertiary/aromatic N) is 1. The molecule has 0 saturated carbocycles. The zero-order chi connectivity index (χ0) is 14.0. The molecule has 0 bridgehead atoms. The van der Waals surface area contributed by atoms with Crippen molar-refractivity contribution in [3.63, 3.8) is 0 Å². The molecule has 1 N–H and O–H groups in total. The predicted molar refractivity (Wildman–Crippen MR) is 85.0 cm³/mol. The van der Waals surface area contributed by atoms with E-state index in [1.54, 1.807) is 0 Å². The molecule has 104 valence electrons. The summed E-state index contributed by atoms with van der Waals surface area (Å²) in [5, 5.41) is 1.37. The number of benzene rings is 1. The van der Waals surface area contributed by atoms with Crippen molar-refractivity contribution in [3.8, 4) is 0 Å². The van der Waals surface area contributed by atoms with Crippen molar-refractivity contribution in [2.75, 3.05) is 19.0 Å². The Labute approximate surface area is 116 Å². The number of fused-ring (bicyclic) bond motifs is 1. The molecule has 19 heavy (non-hydrogen) atoms. The molecule has 1 heterocycles. The minimum atomic E-state index is 0.352. The van der Waals surface area contributed by atoms with Crippen molar-refractivity contribution in [3.05, 3.63) is 29.8 Å². The first-order valence-electron chi connectivity index (χ1n) is 7.21. The third kappa shape index (κ3) is 2.94. The van der Waals surface area contributed by atoms with Gasteiger partial charge >= 0.3 is 0 Å². The molecule has 0 radical (unpaired) electrons. The highest BCUT2D eigenvalue weighted by atomic mass is 15.1. The summed E-state index contributed by atoms with van der Waals surface area (Å²) in [6.07, 6.45) is 3.63. The molecule has 1 aromatic heterocycles. The number of hydrogen-bond donors (Lipinski definition) is 1. The monoisotopic (exact) mass is 258 g/mol. The number of anilines is 1. The van der Waals surface area contributed by atoms with Crippen molar-refractivity contribution in [1.82, 2.24) is 4.98 Å². The van der Waals surface area contributed by atoms with Gasteiger partial charge in [-0.1, -0.05) is 45.4 Å². The fourth-order valence-electron chi connectivity index (χ4n) is 2.99. The van der Waals surface area contributed by atoms with Crippen LogP contribution >= 0.6 is 0 Å². The number of H-pyrrole nitrogens is 1. The van der Waals surface area contributed by atoms with Crippen LogP contribution in [0.3, 0.4) is 0 Å². The zero-order valence-electron chi connectivity index (χ0n) is 12.9. The van der Waals surface area contributed by atoms with E-state index < -0.39 is 0 Å². The van der Waals surface area contributed by atoms with Gasteiger partial charge in [0, 0.05) is 30.6 Å². The Balaban J connectivity index is 2.47. The molecular weight excluding hydrogens is 232 g/mol. The topological polar surface area (TPSA) is 19.0 Å². The van der Waals surface area contributed by atoms with E-state index in [0.717, 1.165) is 6.42 Å². The lowest BCUT2D eigenvalue weighted by molar-refractivity contribution is 0.330. The first-order chi connectivity index (χ1) is 8.94. The van der Waals surface area contributed by atoms with Gasteiger partial charge in [0.25, 0.3) is 0 Å². The molecule has 0 saturated heterocycles. The first-order valence-corrected chi connectivity index (χ1v) is 7.21. The minimum Gasteiger partial charge on any atom is -0.364 e. The van der Waals surface area contributed by atoms with Crippen LogP contribution < -0.4 is 4.90 Å². The van der Waals surface area contributed by atoms with Crippen molar-refractivity contribution < 1.29 is 0 Å². The number of para-hydroxylation sites is 1. The molecular formula is C17H26N2. The van der Waals surface area contributed by atoms with Gasteiger partial charge in [0.1, 0.15) is 5.82 Å². The molecule has 0 aliphatic rings. The molecule has 0 amide bonds. The van der Waals surface area contributed by atoms with Crippen LogP contribution in [0.15, 0.2) is 24.3 Å². The highest BCUT2D eigenvalue weighted by Crippen LogP contribution is 2.35. The van der Waals surface area contributed by atoms with Gasteiger partial charge in [-0.05, 0) is 24.3 Å². The molecule has 1 aromatic carbocycles. The van der Waals surface area contributed by atoms with Crippen LogP contribution in [-0.2, 0) is 6.42 Å². The Hall–Kier alpha value is -1.44. The quantitative estimate of drug-likeness (QED) is 0.830. The third-order valence-corrected chi connectivity index (χ3v) is 3.82. The highest BCUT2D eigenvalue weighted by molar-refractivity contribution is 5.89. The maximum absolute atomic E-state index is 3.55. The van der Waals surface area contributed by atoms with Gasteiger partial charge in [0.05, 0.1) is 0 Å². The van der Waals surface area contributed by atoms with Crippen LogP contribution in [0.25, 0.3) is 10.9 Å². The van der Waals surface area contributed by atoms with E-state index in [0.29, 0.717) is 5.41 Å². The van der Waals surface area contributed by atoms with Gasteiger partial charge in [-0.2, -0.15) is 0 Å². The first kappa shape index (κ1) is 14.0. The average molecular weight is 258 g/mol. The molecule has 2 aromatic rings. The van der Waals surface area contributed by atoms with E-state index in [2.05, 4.69) is 69.0 Å². The number of hydrogen-bond acceptors (Lipinski definition) is 1. The molecule has 0 aliphatic heterocycles. The van der Waals surface area contributed by atoms with Crippen molar-refractivity contribution in [2.24, 2.45) is 5.41 Å². The van der Waals surface area contributed by atoms with Gasteiger partial charge in [-0.15, -0.1) is 0 Å². The normalized spacial score (nSPS) is 12.1. The molecule has 0 spiro atoms. The van der Waals surface area contributed by atoms with Gasteiger partial charge in [-0.3, -0.25) is 0 Å². The second kappa shape index (κ2) is 5.28. The summed E-state index contributed by atoms with van der Waals surface area (Å²) in [6, 6.07) is 8.63. The minimum absolute atomic E-state index is 0.352. The summed E-state index contributed by atoms with van der Waals surface area (Å²) in [7, 11) is 4.22. The zero-order valence-corrected chi connectivity index (χ0v) is 12.9. The summed E-state index contributed by atoms with van der Waals surface area (Å²) >= 11 is 0. The summed E-state index contributed by atoms with van der Waals surface area (Å²) in [5.41, 5.74) is 3.05. The maximum Gasteiger partial charge on any atom is 0.109 e. The van der Waals surface area contributed by atoms with Gasteiger partial charge < -0.3 is 9.88 Å². The summed E-state index contributed by atoms with van der Waals surface area (Å²) in [5.74, 6) is 1.25. The van der Waals surface area contributed by atoms with E-state index in [9.17, 15) is 0 Å². The van der Waals surface area contributed by atoms with Crippen LogP contribution in [0.1, 0.15) is 39.2 Å². The molecule has 2 heteroatoms. The Kier molecular flexibility index (Phi) is 3.88. The van der Waals surface area contributed by atoms with E-state index in [-0.39, 0.29) is 0 Å². The van der Waals surface area contributed by atoms with E-state index in [1.807, 2.05) is 0 Å². The van der Waals surface area contributed by atoms with E-state index >= 15 is 0 Å². The largest absolute Gasteiger partial charge is 0.364 e. The van der Waals surface area contributed by atoms with Crippen LogP contribution in [0.5, 0.6) is 0 Å². The summed E-state index contributed by atoms with van der Waals surface area (Å²) in [4.78, 5) is 5.75. The lowest BCUT2D eigenvalue weighted by Crippen LogP contribution is -2.18. The molecule has 0 aliphatic carbocycles. The van der Waals surface area contributed by atoms with Gasteiger partial charge in [0.2, 0.25) is 0 Å². The van der Waals surface area contributed by atoms with Gasteiger partial charge in [-0.25, -0.2) is 0 Å². The van der Waals surface area contributed by atoms with Crippen LogP contribution in [-0.4, -0.2) is 19.1 Å². The number of nitrogens with one attached hydrogen (secondary N) is 1. The molecule has 0 atom stereocenters. The predicted octanol–water partition coefficient (Wildman–Crippen LogP) is 4.60. The second-order valence-corrected chi connectivity index (χ2v) is 6.48. The van der Waals surface area contributed by atoms with E-state index in [1.165, 1.54) is 35.1 Å². The lowest BCUT2D eigenvalue weighted by atomic mass is 9.81. The van der Waals surface area contributed by atoms with Crippen LogP contribution in [0.2, 0.25) is 0 Å². The Morgan fingerprint density at radius 1 is 1.16 bits per heavy atom. The number of aromatic amines is 1. The van der Waals surface area contributed by atoms with E-state index in [4.69, 9.17) is 0 Å². The van der Waals surface area contributed by atoms with Gasteiger partial charge in [0.15, 0.2) is 0 Å². The fraction of sp³-hybridized carbons (Fsp3) is 0.529. The maximum atomic E-state index is 3.55. The SMILES string of the molecule is CCCC(C)(C)Cc1c(N(C)C)[nH]c2ccccc12. The molecule has 0 fully saturated rings. The van der Waals surface area contributed by atoms with Crippen molar-refractivity contribution >= 4 is 16.7 Å². The fourth-order valence-corrected chi connectivity index (χ4v) is 2.99. The second-order valence-electron chi connectivity index (χ2n) is 6.48. The molecule has 2 rings (SSSR count). The van der Waals surface area contributed by atoms with Crippen molar-refractivity contribution in [1.29, 1.82) is 0 Å². The smallest absolute Gasteiger partial charge is 0.109 e. The Morgan fingerprint density at radius 2 is 1.84 bits per heavy atom. The van der Waals surface area contributed by atoms with Crippen LogP contribution in [0.4, 0.5) is 5.82 Å². The Bertz CT molecular complexity index is 549. The number of aromatic nitrogens is 1. The van der Waals surface area contributed by atoms with Crippen molar-refractivity contribution in [2.45, 2.75) is 40.0 Å². The molecule has 2 nitrogen and oxygen atoms in total. The summed E-state index contributed by atoms with van der Waals surface area (Å²) in [6.45, 7) is 7.01. The third-order valence-electron chi connectivity index (χ3n) is 3.82. The lowest BCUT2D eigenvalue weighted by Gasteiger charge is -2.25. The average Bonchev–Trinajstić information content (AvgIpc) is 2.68. The Morgan fingerprint density at radius 3 is 2.47 bits per heavy atom.